The summed E-state index contributed by atoms with van der Waals surface area (Å²) in [4.78, 5) is 12.9. The summed E-state index contributed by atoms with van der Waals surface area (Å²) in [7, 11) is 0. The Hall–Kier alpha value is -1.45. The maximum atomic E-state index is 10.6. The van der Waals surface area contributed by atoms with Crippen LogP contribution >= 0.6 is 0 Å². The maximum Gasteiger partial charge on any atom is 0.170 e. The maximum absolute atomic E-state index is 10.6. The van der Waals surface area contributed by atoms with Crippen molar-refractivity contribution in [2.24, 2.45) is 0 Å². The van der Waals surface area contributed by atoms with E-state index in [1.54, 1.807) is 6.20 Å². The van der Waals surface area contributed by atoms with Gasteiger partial charge < -0.3 is 4.90 Å². The second-order valence-electron chi connectivity index (χ2n) is 3.86. The topological polar surface area (TPSA) is 46.1 Å². The third kappa shape index (κ3) is 2.52. The van der Waals surface area contributed by atoms with E-state index in [9.17, 15) is 4.79 Å². The number of nitrogens with zero attached hydrogens (tertiary/aromatic N) is 3. The Labute approximate surface area is 89.3 Å². The van der Waals surface area contributed by atoms with Crippen LogP contribution in [0.15, 0.2) is 12.3 Å². The summed E-state index contributed by atoms with van der Waals surface area (Å²) < 4.78 is 0. The number of hydrogen-bond acceptors (Lipinski definition) is 4. The largest absolute Gasteiger partial charge is 0.370 e. The summed E-state index contributed by atoms with van der Waals surface area (Å²) in [5, 5.41) is 7.57. The van der Waals surface area contributed by atoms with Gasteiger partial charge in [0.05, 0.1) is 11.9 Å². The molecule has 0 amide bonds. The van der Waals surface area contributed by atoms with E-state index in [-0.39, 0.29) is 0 Å². The normalized spacial score (nSPS) is 17.2. The van der Waals surface area contributed by atoms with Gasteiger partial charge in [-0.1, -0.05) is 12.8 Å². The Morgan fingerprint density at radius 2 is 1.93 bits per heavy atom. The zero-order chi connectivity index (χ0) is 10.5. The summed E-state index contributed by atoms with van der Waals surface area (Å²) in [6.07, 6.45) is 7.52. The van der Waals surface area contributed by atoms with Gasteiger partial charge in [-0.3, -0.25) is 4.79 Å². The lowest BCUT2D eigenvalue weighted by Crippen LogP contribution is -2.24. The minimum Gasteiger partial charge on any atom is -0.370 e. The molecule has 1 aliphatic heterocycles. The highest BCUT2D eigenvalue weighted by Crippen LogP contribution is 2.18. The minimum absolute atomic E-state index is 0.414. The van der Waals surface area contributed by atoms with E-state index in [1.165, 1.54) is 25.7 Å². The molecule has 0 aliphatic carbocycles. The Kier molecular flexibility index (Phi) is 3.27. The summed E-state index contributed by atoms with van der Waals surface area (Å²) in [5.41, 5.74) is 1.44. The van der Waals surface area contributed by atoms with Crippen molar-refractivity contribution >= 4 is 12.0 Å². The van der Waals surface area contributed by atoms with Crippen LogP contribution in [0.4, 0.5) is 5.69 Å². The molecule has 1 aromatic rings. The molecule has 0 atom stereocenters. The van der Waals surface area contributed by atoms with Crippen LogP contribution in [0.1, 0.15) is 36.2 Å². The highest BCUT2D eigenvalue weighted by Gasteiger charge is 2.10. The fraction of sp³-hybridized carbons (Fsp3) is 0.545. The molecule has 0 bridgehead atoms. The van der Waals surface area contributed by atoms with E-state index in [4.69, 9.17) is 0 Å². The van der Waals surface area contributed by atoms with E-state index in [2.05, 4.69) is 15.1 Å². The molecular weight excluding hydrogens is 190 g/mol. The van der Waals surface area contributed by atoms with Crippen molar-refractivity contribution in [3.8, 4) is 0 Å². The van der Waals surface area contributed by atoms with Crippen molar-refractivity contribution < 1.29 is 4.79 Å². The summed E-state index contributed by atoms with van der Waals surface area (Å²) in [6, 6.07) is 1.81. The zero-order valence-corrected chi connectivity index (χ0v) is 8.72. The first-order valence-corrected chi connectivity index (χ1v) is 5.43. The highest BCUT2D eigenvalue weighted by atomic mass is 16.1. The predicted octanol–water partition coefficient (Wildman–Crippen LogP) is 1.67. The fourth-order valence-corrected chi connectivity index (χ4v) is 1.93. The van der Waals surface area contributed by atoms with Gasteiger partial charge in [-0.25, -0.2) is 0 Å². The molecule has 2 heterocycles. The van der Waals surface area contributed by atoms with Gasteiger partial charge in [-0.05, 0) is 18.9 Å². The van der Waals surface area contributed by atoms with Crippen molar-refractivity contribution in [1.82, 2.24) is 10.2 Å². The van der Waals surface area contributed by atoms with Crippen LogP contribution in [0.25, 0.3) is 0 Å². The van der Waals surface area contributed by atoms with Crippen LogP contribution in [0, 0.1) is 0 Å². The molecule has 2 rings (SSSR count). The third-order valence-corrected chi connectivity index (χ3v) is 2.75. The summed E-state index contributed by atoms with van der Waals surface area (Å²) in [5.74, 6) is 0. The number of anilines is 1. The number of aromatic nitrogens is 2. The molecule has 0 radical (unpaired) electrons. The van der Waals surface area contributed by atoms with Crippen LogP contribution in [-0.2, 0) is 0 Å². The predicted molar refractivity (Wildman–Crippen MR) is 58.1 cm³/mol. The van der Waals surface area contributed by atoms with Crippen LogP contribution in [0.5, 0.6) is 0 Å². The van der Waals surface area contributed by atoms with Crippen LogP contribution in [0.3, 0.4) is 0 Å². The number of aldehydes is 1. The third-order valence-electron chi connectivity index (χ3n) is 2.75. The Morgan fingerprint density at radius 3 is 2.60 bits per heavy atom. The second kappa shape index (κ2) is 4.87. The summed E-state index contributed by atoms with van der Waals surface area (Å²) >= 11 is 0. The number of carbonyl (C=O) groups is 1. The quantitative estimate of drug-likeness (QED) is 0.689. The lowest BCUT2D eigenvalue weighted by Gasteiger charge is -2.21. The van der Waals surface area contributed by atoms with E-state index in [0.717, 1.165) is 25.1 Å². The van der Waals surface area contributed by atoms with Gasteiger partial charge in [0, 0.05) is 13.1 Å². The first kappa shape index (κ1) is 10.1. The first-order valence-electron chi connectivity index (χ1n) is 5.43. The molecule has 1 aromatic heterocycles. The van der Waals surface area contributed by atoms with Crippen molar-refractivity contribution in [1.29, 1.82) is 0 Å². The fourth-order valence-electron chi connectivity index (χ4n) is 1.93. The number of rotatable bonds is 2. The zero-order valence-electron chi connectivity index (χ0n) is 8.72. The van der Waals surface area contributed by atoms with Gasteiger partial charge in [-0.15, -0.1) is 5.10 Å². The van der Waals surface area contributed by atoms with Crippen LogP contribution in [-0.4, -0.2) is 29.6 Å². The molecule has 4 nitrogen and oxygen atoms in total. The van der Waals surface area contributed by atoms with E-state index in [1.807, 2.05) is 6.07 Å². The standard InChI is InChI=1S/C11H15N3O/c15-9-10-7-11(8-12-13-10)14-5-3-1-2-4-6-14/h7-9H,1-6H2. The van der Waals surface area contributed by atoms with Gasteiger partial charge in [0.25, 0.3) is 0 Å². The molecule has 80 valence electrons. The van der Waals surface area contributed by atoms with Crippen molar-refractivity contribution in [2.75, 3.05) is 18.0 Å². The van der Waals surface area contributed by atoms with Gasteiger partial charge in [0.1, 0.15) is 5.69 Å². The average molecular weight is 205 g/mol. The minimum atomic E-state index is 0.414. The van der Waals surface area contributed by atoms with Crippen molar-refractivity contribution in [2.45, 2.75) is 25.7 Å². The molecular formula is C11H15N3O. The highest BCUT2D eigenvalue weighted by molar-refractivity contribution is 5.73. The number of carbonyl (C=O) groups excluding carboxylic acids is 1. The number of hydrogen-bond donors (Lipinski definition) is 0. The summed E-state index contributed by atoms with van der Waals surface area (Å²) in [6.45, 7) is 2.12. The SMILES string of the molecule is O=Cc1cc(N2CCCCCC2)cnn1. The second-order valence-corrected chi connectivity index (χ2v) is 3.86. The van der Waals surface area contributed by atoms with Gasteiger partial charge >= 0.3 is 0 Å². The average Bonchev–Trinajstić information content (AvgIpc) is 2.58. The molecule has 0 spiro atoms. The molecule has 0 aromatic carbocycles. The van der Waals surface area contributed by atoms with Crippen LogP contribution < -0.4 is 4.90 Å². The Morgan fingerprint density at radius 1 is 1.20 bits per heavy atom. The molecule has 1 saturated heterocycles. The Balaban J connectivity index is 2.15. The molecule has 15 heavy (non-hydrogen) atoms. The van der Waals surface area contributed by atoms with Crippen molar-refractivity contribution in [3.05, 3.63) is 18.0 Å². The smallest absolute Gasteiger partial charge is 0.170 e. The van der Waals surface area contributed by atoms with Gasteiger partial charge in [0.15, 0.2) is 6.29 Å². The Bertz CT molecular complexity index is 332. The molecule has 0 saturated carbocycles. The van der Waals surface area contributed by atoms with E-state index in [0.29, 0.717) is 5.69 Å². The molecule has 1 fully saturated rings. The lowest BCUT2D eigenvalue weighted by molar-refractivity contribution is 0.111. The van der Waals surface area contributed by atoms with Gasteiger partial charge in [0.2, 0.25) is 0 Å². The van der Waals surface area contributed by atoms with E-state index >= 15 is 0 Å². The first-order chi connectivity index (χ1) is 7.40. The van der Waals surface area contributed by atoms with Gasteiger partial charge in [-0.2, -0.15) is 5.10 Å². The van der Waals surface area contributed by atoms with Crippen LogP contribution in [0.2, 0.25) is 0 Å². The van der Waals surface area contributed by atoms with E-state index < -0.39 is 0 Å². The molecule has 4 heteroatoms. The lowest BCUT2D eigenvalue weighted by atomic mass is 10.2. The van der Waals surface area contributed by atoms with Crippen molar-refractivity contribution in [3.63, 3.8) is 0 Å². The monoisotopic (exact) mass is 205 g/mol. The molecule has 1 aliphatic rings. The molecule has 0 N–H and O–H groups in total. The molecule has 0 unspecified atom stereocenters.